The molecule has 2 aromatic carbocycles. The molecule has 0 amide bonds. The average molecular weight is 351 g/mol. The molecule has 4 rings (SSSR count). The number of rotatable bonds is 5. The monoisotopic (exact) mass is 351 g/mol. The van der Waals surface area contributed by atoms with Crippen molar-refractivity contribution in [1.29, 1.82) is 0 Å². The molecule has 2 saturated carbocycles. The number of nitrogens with two attached hydrogens (primary N) is 1. The SMILES string of the molecule is NC1(C(=O)OCc2ccccc2-c2ccccc2)CCC2C(C(=O)O)C21. The highest BCUT2D eigenvalue weighted by Gasteiger charge is 2.70. The first-order chi connectivity index (χ1) is 12.5. The van der Waals surface area contributed by atoms with Crippen LogP contribution in [0.3, 0.4) is 0 Å². The lowest BCUT2D eigenvalue weighted by molar-refractivity contribution is -0.152. The minimum atomic E-state index is -1.17. The van der Waals surface area contributed by atoms with Gasteiger partial charge in [0.15, 0.2) is 0 Å². The summed E-state index contributed by atoms with van der Waals surface area (Å²) in [5.41, 5.74) is 8.08. The number of hydrogen-bond donors (Lipinski definition) is 2. The summed E-state index contributed by atoms with van der Waals surface area (Å²) in [6, 6.07) is 17.7. The van der Waals surface area contributed by atoms with Crippen molar-refractivity contribution in [2.24, 2.45) is 23.5 Å². The molecule has 5 nitrogen and oxygen atoms in total. The minimum absolute atomic E-state index is 0.0154. The van der Waals surface area contributed by atoms with E-state index in [0.717, 1.165) is 16.7 Å². The first-order valence-corrected chi connectivity index (χ1v) is 8.84. The van der Waals surface area contributed by atoms with Crippen LogP contribution < -0.4 is 5.73 Å². The van der Waals surface area contributed by atoms with Gasteiger partial charge in [0, 0.05) is 5.92 Å². The largest absolute Gasteiger partial charge is 0.481 e. The van der Waals surface area contributed by atoms with Crippen molar-refractivity contribution in [3.63, 3.8) is 0 Å². The minimum Gasteiger partial charge on any atom is -0.481 e. The number of carbonyl (C=O) groups excluding carboxylic acids is 1. The summed E-state index contributed by atoms with van der Waals surface area (Å²) in [6.45, 7) is 0.123. The summed E-state index contributed by atoms with van der Waals surface area (Å²) in [5.74, 6) is -2.13. The molecule has 0 spiro atoms. The van der Waals surface area contributed by atoms with E-state index in [0.29, 0.717) is 12.8 Å². The predicted octanol–water partition coefficient (Wildman–Crippen LogP) is 2.83. The number of ether oxygens (including phenoxy) is 1. The van der Waals surface area contributed by atoms with Crippen molar-refractivity contribution in [3.05, 3.63) is 60.2 Å². The van der Waals surface area contributed by atoms with Gasteiger partial charge in [0.05, 0.1) is 5.92 Å². The Balaban J connectivity index is 1.49. The fourth-order valence-corrected chi connectivity index (χ4v) is 4.41. The summed E-state index contributed by atoms with van der Waals surface area (Å²) >= 11 is 0. The molecule has 0 bridgehead atoms. The molecule has 4 unspecified atom stereocenters. The lowest BCUT2D eigenvalue weighted by Gasteiger charge is -2.25. The maximum Gasteiger partial charge on any atom is 0.326 e. The van der Waals surface area contributed by atoms with E-state index in [1.165, 1.54) is 0 Å². The highest BCUT2D eigenvalue weighted by molar-refractivity contribution is 5.86. The Labute approximate surface area is 151 Å². The van der Waals surface area contributed by atoms with E-state index >= 15 is 0 Å². The van der Waals surface area contributed by atoms with Crippen LogP contribution in [0.4, 0.5) is 0 Å². The highest BCUT2D eigenvalue weighted by atomic mass is 16.5. The van der Waals surface area contributed by atoms with Gasteiger partial charge < -0.3 is 15.6 Å². The zero-order chi connectivity index (χ0) is 18.3. The zero-order valence-electron chi connectivity index (χ0n) is 14.3. The fraction of sp³-hybridized carbons (Fsp3) is 0.333. The molecule has 0 saturated heterocycles. The molecule has 2 fully saturated rings. The Kier molecular flexibility index (Phi) is 4.04. The van der Waals surface area contributed by atoms with Crippen molar-refractivity contribution in [1.82, 2.24) is 0 Å². The number of hydrogen-bond acceptors (Lipinski definition) is 4. The second-order valence-corrected chi connectivity index (χ2v) is 7.23. The van der Waals surface area contributed by atoms with Crippen LogP contribution in [0.1, 0.15) is 18.4 Å². The smallest absolute Gasteiger partial charge is 0.326 e. The first-order valence-electron chi connectivity index (χ1n) is 8.84. The lowest BCUT2D eigenvalue weighted by atomic mass is 9.91. The number of carboxylic acids is 1. The van der Waals surface area contributed by atoms with Crippen molar-refractivity contribution >= 4 is 11.9 Å². The molecule has 5 heteroatoms. The van der Waals surface area contributed by atoms with Crippen molar-refractivity contribution in [2.45, 2.75) is 25.0 Å². The summed E-state index contributed by atoms with van der Waals surface area (Å²) in [5, 5.41) is 9.24. The normalized spacial score (nSPS) is 29.0. The molecule has 2 aromatic rings. The highest BCUT2D eigenvalue weighted by Crippen LogP contribution is 2.61. The maximum atomic E-state index is 12.7. The zero-order valence-corrected chi connectivity index (χ0v) is 14.3. The molecule has 2 aliphatic rings. The molecule has 4 atom stereocenters. The van der Waals surface area contributed by atoms with Gasteiger partial charge in [0.25, 0.3) is 0 Å². The van der Waals surface area contributed by atoms with E-state index < -0.39 is 23.4 Å². The van der Waals surface area contributed by atoms with Gasteiger partial charge in [0.1, 0.15) is 12.1 Å². The summed E-state index contributed by atoms with van der Waals surface area (Å²) < 4.78 is 5.55. The molecular formula is C21H21NO4. The average Bonchev–Trinajstić information content (AvgIpc) is 3.31. The number of aliphatic carboxylic acids is 1. The molecule has 0 heterocycles. The Morgan fingerprint density at radius 3 is 2.50 bits per heavy atom. The summed E-state index contributed by atoms with van der Waals surface area (Å²) in [4.78, 5) is 23.9. The van der Waals surface area contributed by atoms with E-state index in [-0.39, 0.29) is 18.4 Å². The van der Waals surface area contributed by atoms with Gasteiger partial charge in [-0.3, -0.25) is 9.59 Å². The van der Waals surface area contributed by atoms with Crippen LogP contribution in [0.5, 0.6) is 0 Å². The van der Waals surface area contributed by atoms with Crippen molar-refractivity contribution in [2.75, 3.05) is 0 Å². The molecule has 3 N–H and O–H groups in total. The van der Waals surface area contributed by atoms with Gasteiger partial charge in [-0.05, 0) is 35.4 Å². The van der Waals surface area contributed by atoms with E-state index in [9.17, 15) is 14.7 Å². The van der Waals surface area contributed by atoms with Crippen LogP contribution in [0.2, 0.25) is 0 Å². The van der Waals surface area contributed by atoms with Crippen LogP contribution in [0, 0.1) is 17.8 Å². The molecule has 0 radical (unpaired) electrons. The van der Waals surface area contributed by atoms with E-state index in [1.807, 2.05) is 54.6 Å². The number of benzene rings is 2. The van der Waals surface area contributed by atoms with Gasteiger partial charge in [0.2, 0.25) is 0 Å². The van der Waals surface area contributed by atoms with Crippen LogP contribution >= 0.6 is 0 Å². The fourth-order valence-electron chi connectivity index (χ4n) is 4.41. The number of carbonyl (C=O) groups is 2. The van der Waals surface area contributed by atoms with Gasteiger partial charge >= 0.3 is 11.9 Å². The van der Waals surface area contributed by atoms with E-state index in [4.69, 9.17) is 10.5 Å². The standard InChI is InChI=1S/C21H21NO4/c22-21(11-10-16-17(18(16)21)19(23)24)20(25)26-12-14-8-4-5-9-15(14)13-6-2-1-3-7-13/h1-9,16-18H,10-12,22H2,(H,23,24). The van der Waals surface area contributed by atoms with Gasteiger partial charge in [-0.1, -0.05) is 54.6 Å². The summed E-state index contributed by atoms with van der Waals surface area (Å²) in [7, 11) is 0. The Morgan fingerprint density at radius 2 is 1.81 bits per heavy atom. The van der Waals surface area contributed by atoms with Crippen LogP contribution in [-0.2, 0) is 20.9 Å². The van der Waals surface area contributed by atoms with Gasteiger partial charge in [-0.25, -0.2) is 0 Å². The van der Waals surface area contributed by atoms with Crippen molar-refractivity contribution < 1.29 is 19.4 Å². The molecule has 26 heavy (non-hydrogen) atoms. The number of fused-ring (bicyclic) bond motifs is 1. The maximum absolute atomic E-state index is 12.7. The van der Waals surface area contributed by atoms with Crippen LogP contribution in [0.15, 0.2) is 54.6 Å². The first kappa shape index (κ1) is 16.8. The molecule has 2 aliphatic carbocycles. The Morgan fingerprint density at radius 1 is 1.12 bits per heavy atom. The Bertz CT molecular complexity index is 850. The van der Waals surface area contributed by atoms with Crippen LogP contribution in [-0.4, -0.2) is 22.6 Å². The topological polar surface area (TPSA) is 89.6 Å². The van der Waals surface area contributed by atoms with Crippen LogP contribution in [0.25, 0.3) is 11.1 Å². The van der Waals surface area contributed by atoms with E-state index in [2.05, 4.69) is 0 Å². The predicted molar refractivity (Wildman–Crippen MR) is 95.9 cm³/mol. The number of esters is 1. The second-order valence-electron chi connectivity index (χ2n) is 7.23. The molecule has 0 aromatic heterocycles. The summed E-state index contributed by atoms with van der Waals surface area (Å²) in [6.07, 6.45) is 1.17. The molecule has 0 aliphatic heterocycles. The molecule has 134 valence electrons. The third-order valence-electron chi connectivity index (χ3n) is 5.78. The quantitative estimate of drug-likeness (QED) is 0.809. The Hall–Kier alpha value is -2.66. The van der Waals surface area contributed by atoms with Gasteiger partial charge in [-0.15, -0.1) is 0 Å². The number of carboxylic acid groups (broad SMARTS) is 1. The van der Waals surface area contributed by atoms with Crippen molar-refractivity contribution in [3.8, 4) is 11.1 Å². The molecular weight excluding hydrogens is 330 g/mol. The third-order valence-corrected chi connectivity index (χ3v) is 5.78. The second kappa shape index (κ2) is 6.25. The lowest BCUT2D eigenvalue weighted by Crippen LogP contribution is -2.50. The third kappa shape index (κ3) is 2.69. The van der Waals surface area contributed by atoms with E-state index in [1.54, 1.807) is 0 Å². The van der Waals surface area contributed by atoms with Gasteiger partial charge in [-0.2, -0.15) is 0 Å².